The van der Waals surface area contributed by atoms with Crippen LogP contribution in [-0.2, 0) is 0 Å². The third-order valence-electron chi connectivity index (χ3n) is 2.76. The third-order valence-corrected chi connectivity index (χ3v) is 3.45. The van der Waals surface area contributed by atoms with Crippen LogP contribution >= 0.6 is 15.9 Å². The topological polar surface area (TPSA) is 56.7 Å². The number of hydrogen-bond acceptors (Lipinski definition) is 3. The second-order valence-corrected chi connectivity index (χ2v) is 5.04. The highest BCUT2D eigenvalue weighted by Crippen LogP contribution is 2.24. The average molecular weight is 303 g/mol. The summed E-state index contributed by atoms with van der Waals surface area (Å²) < 4.78 is 0.839. The maximum atomic E-state index is 5.83. The summed E-state index contributed by atoms with van der Waals surface area (Å²) in [7, 11) is 0. The Morgan fingerprint density at radius 2 is 1.67 bits per heavy atom. The summed E-state index contributed by atoms with van der Waals surface area (Å²) >= 11 is 3.39. The molecule has 2 N–H and O–H groups in total. The summed E-state index contributed by atoms with van der Waals surface area (Å²) in [6.45, 7) is 2.05. The smallest absolute Gasteiger partial charge is 0.115 e. The first kappa shape index (κ1) is 11.2. The van der Waals surface area contributed by atoms with E-state index in [2.05, 4.69) is 33.1 Å². The maximum Gasteiger partial charge on any atom is 0.115 e. The number of hydrogen-bond donors (Lipinski definition) is 1. The maximum absolute atomic E-state index is 5.83. The molecule has 0 radical (unpaired) electrons. The van der Waals surface area contributed by atoms with Gasteiger partial charge >= 0.3 is 0 Å². The van der Waals surface area contributed by atoms with Crippen LogP contribution in [0.15, 0.2) is 40.9 Å². The van der Waals surface area contributed by atoms with E-state index < -0.39 is 0 Å². The van der Waals surface area contributed by atoms with E-state index in [1.54, 1.807) is 4.80 Å². The zero-order valence-corrected chi connectivity index (χ0v) is 11.3. The summed E-state index contributed by atoms with van der Waals surface area (Å²) in [6.07, 6.45) is 0. The lowest BCUT2D eigenvalue weighted by Gasteiger charge is -1.98. The highest BCUT2D eigenvalue weighted by Gasteiger charge is 2.07. The van der Waals surface area contributed by atoms with Crippen molar-refractivity contribution in [1.29, 1.82) is 0 Å². The highest BCUT2D eigenvalue weighted by atomic mass is 79.9. The Morgan fingerprint density at radius 3 is 2.33 bits per heavy atom. The molecule has 3 rings (SSSR count). The van der Waals surface area contributed by atoms with E-state index in [0.29, 0.717) is 5.69 Å². The molecule has 0 saturated carbocycles. The van der Waals surface area contributed by atoms with Crippen molar-refractivity contribution in [2.75, 3.05) is 5.73 Å². The van der Waals surface area contributed by atoms with Gasteiger partial charge in [-0.2, -0.15) is 4.80 Å². The summed E-state index contributed by atoms with van der Waals surface area (Å²) in [5, 5.41) is 8.85. The van der Waals surface area contributed by atoms with Gasteiger partial charge in [-0.25, -0.2) is 0 Å². The average Bonchev–Trinajstić information content (AvgIpc) is 2.73. The van der Waals surface area contributed by atoms with Crippen molar-refractivity contribution in [1.82, 2.24) is 15.0 Å². The van der Waals surface area contributed by atoms with Crippen molar-refractivity contribution < 1.29 is 0 Å². The zero-order valence-electron chi connectivity index (χ0n) is 9.76. The number of nitrogens with zero attached hydrogens (tertiary/aromatic N) is 3. The molecule has 2 aromatic carbocycles. The molecule has 0 amide bonds. The van der Waals surface area contributed by atoms with E-state index in [-0.39, 0.29) is 0 Å². The van der Waals surface area contributed by atoms with Crippen LogP contribution in [0.25, 0.3) is 16.7 Å². The Kier molecular flexibility index (Phi) is 2.56. The van der Waals surface area contributed by atoms with E-state index in [1.165, 1.54) is 5.56 Å². The minimum absolute atomic E-state index is 0.665. The van der Waals surface area contributed by atoms with Gasteiger partial charge in [0.2, 0.25) is 0 Å². The molecule has 18 heavy (non-hydrogen) atoms. The van der Waals surface area contributed by atoms with E-state index in [1.807, 2.05) is 36.4 Å². The second kappa shape index (κ2) is 4.10. The van der Waals surface area contributed by atoms with Gasteiger partial charge in [0.15, 0.2) is 0 Å². The number of halogens is 1. The van der Waals surface area contributed by atoms with Crippen molar-refractivity contribution in [3.8, 4) is 5.69 Å². The molecule has 1 heterocycles. The fraction of sp³-hybridized carbons (Fsp3) is 0.0769. The highest BCUT2D eigenvalue weighted by molar-refractivity contribution is 9.10. The minimum Gasteiger partial charge on any atom is -0.398 e. The second-order valence-electron chi connectivity index (χ2n) is 4.19. The molecular formula is C13H11BrN4. The molecule has 0 spiro atoms. The summed E-state index contributed by atoms with van der Waals surface area (Å²) in [5.74, 6) is 0. The molecule has 0 aliphatic heterocycles. The van der Waals surface area contributed by atoms with Crippen LogP contribution in [0.1, 0.15) is 5.56 Å². The SMILES string of the molecule is Cc1ccc(-n2nc3cc(N)c(Br)cc3n2)cc1. The van der Waals surface area contributed by atoms with E-state index in [9.17, 15) is 0 Å². The predicted molar refractivity (Wildman–Crippen MR) is 75.7 cm³/mol. The first-order valence-electron chi connectivity index (χ1n) is 5.52. The third kappa shape index (κ3) is 1.86. The number of benzene rings is 2. The lowest BCUT2D eigenvalue weighted by molar-refractivity contribution is 0.765. The summed E-state index contributed by atoms with van der Waals surface area (Å²) in [4.78, 5) is 1.62. The van der Waals surface area contributed by atoms with Gasteiger partial charge in [0, 0.05) is 10.2 Å². The first-order valence-corrected chi connectivity index (χ1v) is 6.32. The van der Waals surface area contributed by atoms with Crippen LogP contribution in [0, 0.1) is 6.92 Å². The minimum atomic E-state index is 0.665. The summed E-state index contributed by atoms with van der Waals surface area (Å²) in [5.41, 5.74) is 10.2. The van der Waals surface area contributed by atoms with Gasteiger partial charge in [0.25, 0.3) is 0 Å². The van der Waals surface area contributed by atoms with E-state index in [4.69, 9.17) is 5.73 Å². The number of anilines is 1. The first-order chi connectivity index (χ1) is 8.63. The lowest BCUT2D eigenvalue weighted by atomic mass is 10.2. The van der Waals surface area contributed by atoms with Crippen molar-refractivity contribution in [3.63, 3.8) is 0 Å². The Hall–Kier alpha value is -1.88. The Labute approximate surface area is 113 Å². The molecule has 5 heteroatoms. The standard InChI is InChI=1S/C13H11BrN4/c1-8-2-4-9(5-3-8)18-16-12-6-10(14)11(15)7-13(12)17-18/h2-7H,15H2,1H3. The monoisotopic (exact) mass is 302 g/mol. The molecule has 0 saturated heterocycles. The van der Waals surface area contributed by atoms with Crippen LogP contribution in [0.3, 0.4) is 0 Å². The van der Waals surface area contributed by atoms with Gasteiger partial charge in [-0.05, 0) is 47.1 Å². The molecule has 0 atom stereocenters. The number of rotatable bonds is 1. The molecule has 3 aromatic rings. The number of fused-ring (bicyclic) bond motifs is 1. The molecular weight excluding hydrogens is 292 g/mol. The summed E-state index contributed by atoms with van der Waals surface area (Å²) in [6, 6.07) is 11.7. The number of nitrogen functional groups attached to an aromatic ring is 1. The van der Waals surface area contributed by atoms with Crippen LogP contribution in [0.5, 0.6) is 0 Å². The van der Waals surface area contributed by atoms with Gasteiger partial charge in [-0.3, -0.25) is 0 Å². The molecule has 1 aromatic heterocycles. The fourth-order valence-corrected chi connectivity index (χ4v) is 2.08. The lowest BCUT2D eigenvalue weighted by Crippen LogP contribution is -1.97. The molecule has 0 aliphatic rings. The Bertz CT molecular complexity index is 677. The quantitative estimate of drug-likeness (QED) is 0.703. The normalized spacial score (nSPS) is 11.0. The van der Waals surface area contributed by atoms with Crippen LogP contribution in [0.4, 0.5) is 5.69 Å². The Morgan fingerprint density at radius 1 is 1.06 bits per heavy atom. The van der Waals surface area contributed by atoms with Crippen molar-refractivity contribution in [2.45, 2.75) is 6.92 Å². The largest absolute Gasteiger partial charge is 0.398 e. The molecule has 4 nitrogen and oxygen atoms in total. The van der Waals surface area contributed by atoms with Gasteiger partial charge in [0.05, 0.1) is 5.69 Å². The predicted octanol–water partition coefficient (Wildman–Crippen LogP) is 3.07. The van der Waals surface area contributed by atoms with Gasteiger partial charge in [-0.15, -0.1) is 10.2 Å². The van der Waals surface area contributed by atoms with E-state index in [0.717, 1.165) is 21.2 Å². The van der Waals surface area contributed by atoms with Gasteiger partial charge in [-0.1, -0.05) is 17.7 Å². The van der Waals surface area contributed by atoms with Crippen molar-refractivity contribution in [3.05, 3.63) is 46.4 Å². The number of nitrogens with two attached hydrogens (primary N) is 1. The molecule has 0 unspecified atom stereocenters. The van der Waals surface area contributed by atoms with Crippen molar-refractivity contribution >= 4 is 32.7 Å². The molecule has 0 aliphatic carbocycles. The number of aromatic nitrogens is 3. The molecule has 90 valence electrons. The fourth-order valence-electron chi connectivity index (χ4n) is 1.75. The van der Waals surface area contributed by atoms with Crippen LogP contribution < -0.4 is 5.73 Å². The van der Waals surface area contributed by atoms with Crippen molar-refractivity contribution in [2.24, 2.45) is 0 Å². The zero-order chi connectivity index (χ0) is 12.7. The van der Waals surface area contributed by atoms with Crippen LogP contribution in [0.2, 0.25) is 0 Å². The molecule has 0 fully saturated rings. The van der Waals surface area contributed by atoms with E-state index >= 15 is 0 Å². The van der Waals surface area contributed by atoms with Gasteiger partial charge in [0.1, 0.15) is 11.0 Å². The molecule has 0 bridgehead atoms. The van der Waals surface area contributed by atoms with Crippen LogP contribution in [-0.4, -0.2) is 15.0 Å². The number of aryl methyl sites for hydroxylation is 1. The van der Waals surface area contributed by atoms with Gasteiger partial charge < -0.3 is 5.73 Å². The Balaban J connectivity index is 2.16.